The van der Waals surface area contributed by atoms with Crippen LogP contribution in [0.4, 0.5) is 0 Å². The molecule has 1 aliphatic rings. The predicted octanol–water partition coefficient (Wildman–Crippen LogP) is 4.33. The number of aromatic nitrogens is 2. The Hall–Kier alpha value is -2.40. The molecule has 0 N–H and O–H groups in total. The van der Waals surface area contributed by atoms with Crippen LogP contribution in [0.25, 0.3) is 10.9 Å². The number of amides is 1. The first-order valence-corrected chi connectivity index (χ1v) is 10.5. The van der Waals surface area contributed by atoms with Crippen LogP contribution in [0, 0.1) is 0 Å². The van der Waals surface area contributed by atoms with Crippen molar-refractivity contribution in [2.45, 2.75) is 30.7 Å². The molecule has 0 unspecified atom stereocenters. The Bertz CT molecular complexity index is 923. The number of hydrogen-bond acceptors (Lipinski definition) is 4. The number of carbonyl (C=O) groups excluding carboxylic acids is 1. The summed E-state index contributed by atoms with van der Waals surface area (Å²) < 4.78 is 0. The van der Waals surface area contributed by atoms with Gasteiger partial charge in [-0.1, -0.05) is 60.3 Å². The number of thioether (sulfide) groups is 1. The summed E-state index contributed by atoms with van der Waals surface area (Å²) in [4.78, 5) is 24.1. The van der Waals surface area contributed by atoms with E-state index in [4.69, 9.17) is 9.97 Å². The van der Waals surface area contributed by atoms with E-state index in [-0.39, 0.29) is 5.91 Å². The summed E-state index contributed by atoms with van der Waals surface area (Å²) in [7, 11) is 0. The molecule has 1 amide bonds. The number of hydrogen-bond donors (Lipinski definition) is 0. The first kappa shape index (κ1) is 18.0. The molecule has 0 atom stereocenters. The second kappa shape index (κ2) is 8.53. The number of piperidine rings is 1. The fourth-order valence-electron chi connectivity index (χ4n) is 3.43. The summed E-state index contributed by atoms with van der Waals surface area (Å²) in [6.45, 7) is 1.78. The summed E-state index contributed by atoms with van der Waals surface area (Å²) >= 11 is 1.53. The number of para-hydroxylation sites is 1. The molecular weight excluding hydrogens is 354 g/mol. The van der Waals surface area contributed by atoms with Gasteiger partial charge in [0.25, 0.3) is 0 Å². The van der Waals surface area contributed by atoms with E-state index in [0.717, 1.165) is 47.7 Å². The molecule has 138 valence electrons. The molecular formula is C22H23N3OS. The van der Waals surface area contributed by atoms with Crippen molar-refractivity contribution in [2.24, 2.45) is 0 Å². The summed E-state index contributed by atoms with van der Waals surface area (Å²) in [6.07, 6.45) is 4.16. The van der Waals surface area contributed by atoms with E-state index in [1.165, 1.54) is 23.7 Å². The van der Waals surface area contributed by atoms with Crippen molar-refractivity contribution in [1.82, 2.24) is 14.9 Å². The Morgan fingerprint density at radius 2 is 1.67 bits per heavy atom. The Kier molecular flexibility index (Phi) is 5.68. The van der Waals surface area contributed by atoms with Gasteiger partial charge in [-0.2, -0.15) is 0 Å². The van der Waals surface area contributed by atoms with Gasteiger partial charge in [-0.05, 0) is 30.9 Å². The van der Waals surface area contributed by atoms with Crippen molar-refractivity contribution in [3.63, 3.8) is 0 Å². The van der Waals surface area contributed by atoms with Gasteiger partial charge >= 0.3 is 0 Å². The van der Waals surface area contributed by atoms with Crippen LogP contribution in [0.3, 0.4) is 0 Å². The van der Waals surface area contributed by atoms with Crippen molar-refractivity contribution in [1.29, 1.82) is 0 Å². The topological polar surface area (TPSA) is 46.1 Å². The molecule has 1 aromatic heterocycles. The maximum absolute atomic E-state index is 12.5. The SMILES string of the molecule is O=C(CSc1nc(Cc2ccccc2)nc2ccccc12)N1CCCCC1. The van der Waals surface area contributed by atoms with Gasteiger partial charge in [-0.3, -0.25) is 4.79 Å². The van der Waals surface area contributed by atoms with Gasteiger partial charge < -0.3 is 4.90 Å². The molecule has 0 spiro atoms. The van der Waals surface area contributed by atoms with E-state index in [9.17, 15) is 4.79 Å². The van der Waals surface area contributed by atoms with Crippen LogP contribution < -0.4 is 0 Å². The third-order valence-corrected chi connectivity index (χ3v) is 5.84. The second-order valence-electron chi connectivity index (χ2n) is 6.85. The number of rotatable bonds is 5. The van der Waals surface area contributed by atoms with Gasteiger partial charge in [-0.25, -0.2) is 9.97 Å². The first-order chi connectivity index (χ1) is 13.3. The number of likely N-dealkylation sites (tertiary alicyclic amines) is 1. The fourth-order valence-corrected chi connectivity index (χ4v) is 4.37. The van der Waals surface area contributed by atoms with E-state index in [0.29, 0.717) is 12.2 Å². The standard InChI is InChI=1S/C22H23N3OS/c26-21(25-13-7-2-8-14-25)16-27-22-18-11-5-6-12-19(18)23-20(24-22)15-17-9-3-1-4-10-17/h1,3-6,9-12H,2,7-8,13-16H2. The van der Waals surface area contributed by atoms with Crippen molar-refractivity contribution >= 4 is 28.6 Å². The molecule has 0 aliphatic carbocycles. The average Bonchev–Trinajstić information content (AvgIpc) is 2.73. The number of benzene rings is 2. The van der Waals surface area contributed by atoms with Gasteiger partial charge in [0.05, 0.1) is 11.3 Å². The highest BCUT2D eigenvalue weighted by atomic mass is 32.2. The molecule has 0 bridgehead atoms. The zero-order valence-electron chi connectivity index (χ0n) is 15.3. The maximum Gasteiger partial charge on any atom is 0.232 e. The lowest BCUT2D eigenvalue weighted by molar-refractivity contribution is -0.129. The van der Waals surface area contributed by atoms with Crippen molar-refractivity contribution in [3.05, 3.63) is 66.0 Å². The molecule has 2 heterocycles. The highest BCUT2D eigenvalue weighted by Gasteiger charge is 2.18. The average molecular weight is 378 g/mol. The lowest BCUT2D eigenvalue weighted by Gasteiger charge is -2.26. The highest BCUT2D eigenvalue weighted by Crippen LogP contribution is 2.26. The molecule has 0 saturated carbocycles. The summed E-state index contributed by atoms with van der Waals surface area (Å²) in [6, 6.07) is 18.3. The molecule has 3 aromatic rings. The molecule has 4 nitrogen and oxygen atoms in total. The predicted molar refractivity (Wildman–Crippen MR) is 110 cm³/mol. The van der Waals surface area contributed by atoms with E-state index in [2.05, 4.69) is 12.1 Å². The Balaban J connectivity index is 1.55. The van der Waals surface area contributed by atoms with Gasteiger partial charge in [0.2, 0.25) is 5.91 Å². The second-order valence-corrected chi connectivity index (χ2v) is 7.82. The minimum Gasteiger partial charge on any atom is -0.342 e. The largest absolute Gasteiger partial charge is 0.342 e. The molecule has 1 saturated heterocycles. The minimum atomic E-state index is 0.215. The van der Waals surface area contributed by atoms with Crippen LogP contribution in [0.2, 0.25) is 0 Å². The van der Waals surface area contributed by atoms with E-state index >= 15 is 0 Å². The van der Waals surface area contributed by atoms with Crippen LogP contribution >= 0.6 is 11.8 Å². The smallest absolute Gasteiger partial charge is 0.232 e. The third kappa shape index (κ3) is 4.48. The molecule has 1 aliphatic heterocycles. The number of nitrogens with zero attached hydrogens (tertiary/aromatic N) is 3. The number of carbonyl (C=O) groups is 1. The van der Waals surface area contributed by atoms with Crippen molar-refractivity contribution < 1.29 is 4.79 Å². The Labute approximate surface area is 164 Å². The van der Waals surface area contributed by atoms with Crippen molar-refractivity contribution in [3.8, 4) is 0 Å². The normalized spacial score (nSPS) is 14.4. The molecule has 27 heavy (non-hydrogen) atoms. The van der Waals surface area contributed by atoms with Gasteiger partial charge in [0.1, 0.15) is 10.9 Å². The molecule has 4 rings (SSSR count). The Morgan fingerprint density at radius 3 is 2.48 bits per heavy atom. The lowest BCUT2D eigenvalue weighted by atomic mass is 10.1. The van der Waals surface area contributed by atoms with Crippen LogP contribution in [0.15, 0.2) is 59.6 Å². The van der Waals surface area contributed by atoms with Crippen LogP contribution in [0.1, 0.15) is 30.7 Å². The van der Waals surface area contributed by atoms with Gasteiger partial charge in [0, 0.05) is 24.9 Å². The summed E-state index contributed by atoms with van der Waals surface area (Å²) in [5.41, 5.74) is 2.12. The van der Waals surface area contributed by atoms with Crippen molar-refractivity contribution in [2.75, 3.05) is 18.8 Å². The number of fused-ring (bicyclic) bond motifs is 1. The maximum atomic E-state index is 12.5. The van der Waals surface area contributed by atoms with E-state index in [1.54, 1.807) is 0 Å². The van der Waals surface area contributed by atoms with Crippen LogP contribution in [-0.4, -0.2) is 39.6 Å². The molecule has 5 heteroatoms. The molecule has 0 radical (unpaired) electrons. The summed E-state index contributed by atoms with van der Waals surface area (Å²) in [5.74, 6) is 1.45. The lowest BCUT2D eigenvalue weighted by Crippen LogP contribution is -2.36. The fraction of sp³-hybridized carbons (Fsp3) is 0.318. The summed E-state index contributed by atoms with van der Waals surface area (Å²) in [5, 5.41) is 1.92. The first-order valence-electron chi connectivity index (χ1n) is 9.50. The quantitative estimate of drug-likeness (QED) is 0.491. The molecule has 2 aromatic carbocycles. The van der Waals surface area contributed by atoms with Crippen LogP contribution in [-0.2, 0) is 11.2 Å². The minimum absolute atomic E-state index is 0.215. The third-order valence-electron chi connectivity index (χ3n) is 4.86. The monoisotopic (exact) mass is 377 g/mol. The zero-order chi connectivity index (χ0) is 18.5. The highest BCUT2D eigenvalue weighted by molar-refractivity contribution is 8.00. The van der Waals surface area contributed by atoms with E-state index in [1.807, 2.05) is 47.4 Å². The van der Waals surface area contributed by atoms with Crippen LogP contribution in [0.5, 0.6) is 0 Å². The van der Waals surface area contributed by atoms with Gasteiger partial charge in [0.15, 0.2) is 0 Å². The van der Waals surface area contributed by atoms with E-state index < -0.39 is 0 Å². The zero-order valence-corrected chi connectivity index (χ0v) is 16.1. The molecule has 1 fully saturated rings. The Morgan fingerprint density at radius 1 is 0.926 bits per heavy atom. The van der Waals surface area contributed by atoms with Gasteiger partial charge in [-0.15, -0.1) is 0 Å².